The predicted molar refractivity (Wildman–Crippen MR) is 92.3 cm³/mol. The maximum atomic E-state index is 12.2. The first-order chi connectivity index (χ1) is 11.4. The summed E-state index contributed by atoms with van der Waals surface area (Å²) in [6.07, 6.45) is 0. The highest BCUT2D eigenvalue weighted by Crippen LogP contribution is 2.18. The molecule has 2 rings (SSSR count). The second-order valence-electron chi connectivity index (χ2n) is 6.50. The van der Waals surface area contributed by atoms with Crippen LogP contribution >= 0.6 is 0 Å². The standard InChI is InChI=1S/C17H26N4O3/c1-12(2)18-17(24)19-16(23)13(3)20-8-10-21(11-9-20)14-4-6-15(22)7-5-14/h4-7,12-13,22H,8-11H2,1-3H3,(H2,18,19,23,24)/p+1/t13-/m1/s1. The molecule has 1 atom stereocenters. The summed E-state index contributed by atoms with van der Waals surface area (Å²) < 4.78 is 0. The first-order valence-electron chi connectivity index (χ1n) is 8.36. The van der Waals surface area contributed by atoms with Gasteiger partial charge in [-0.05, 0) is 45.0 Å². The van der Waals surface area contributed by atoms with Gasteiger partial charge in [0.1, 0.15) is 5.75 Å². The Morgan fingerprint density at radius 3 is 2.25 bits per heavy atom. The van der Waals surface area contributed by atoms with Crippen LogP contribution < -0.4 is 20.4 Å². The minimum absolute atomic E-state index is 0.00527. The number of hydrogen-bond donors (Lipinski definition) is 4. The molecule has 0 unspecified atom stereocenters. The molecule has 132 valence electrons. The normalized spacial score (nSPS) is 16.8. The molecule has 0 spiro atoms. The van der Waals surface area contributed by atoms with Crippen LogP contribution in [0.5, 0.6) is 5.75 Å². The van der Waals surface area contributed by atoms with Gasteiger partial charge >= 0.3 is 6.03 Å². The van der Waals surface area contributed by atoms with E-state index in [0.717, 1.165) is 31.9 Å². The van der Waals surface area contributed by atoms with E-state index in [1.165, 1.54) is 4.90 Å². The Bertz CT molecular complexity index is 566. The monoisotopic (exact) mass is 335 g/mol. The van der Waals surface area contributed by atoms with E-state index in [1.807, 2.05) is 32.9 Å². The number of nitrogens with one attached hydrogen (secondary N) is 3. The van der Waals surface area contributed by atoms with E-state index in [2.05, 4.69) is 15.5 Å². The van der Waals surface area contributed by atoms with Gasteiger partial charge in [0.15, 0.2) is 6.04 Å². The van der Waals surface area contributed by atoms with Crippen LogP contribution in [0.3, 0.4) is 0 Å². The fourth-order valence-corrected chi connectivity index (χ4v) is 2.85. The summed E-state index contributed by atoms with van der Waals surface area (Å²) in [6.45, 7) is 8.85. The SMILES string of the molecule is CC(C)NC(=O)NC(=O)[C@@H](C)[NH+]1CCN(c2ccc(O)cc2)CC1. The number of carbonyl (C=O) groups is 2. The molecule has 1 aliphatic heterocycles. The lowest BCUT2D eigenvalue weighted by Gasteiger charge is -2.35. The lowest BCUT2D eigenvalue weighted by Crippen LogP contribution is -3.19. The van der Waals surface area contributed by atoms with E-state index in [9.17, 15) is 14.7 Å². The minimum atomic E-state index is -0.441. The topological polar surface area (TPSA) is 86.1 Å². The zero-order valence-electron chi connectivity index (χ0n) is 14.5. The maximum Gasteiger partial charge on any atom is 0.321 e. The third-order valence-electron chi connectivity index (χ3n) is 4.28. The number of urea groups is 1. The highest BCUT2D eigenvalue weighted by molar-refractivity contribution is 5.96. The molecule has 1 aromatic carbocycles. The number of rotatable bonds is 4. The van der Waals surface area contributed by atoms with Crippen LogP contribution in [0.4, 0.5) is 10.5 Å². The Labute approximate surface area is 142 Å². The summed E-state index contributed by atoms with van der Waals surface area (Å²) in [5.41, 5.74) is 1.07. The van der Waals surface area contributed by atoms with Gasteiger partial charge in [0.2, 0.25) is 0 Å². The maximum absolute atomic E-state index is 12.2. The number of imide groups is 1. The number of carbonyl (C=O) groups excluding carboxylic acids is 2. The van der Waals surface area contributed by atoms with Crippen molar-refractivity contribution in [1.29, 1.82) is 0 Å². The van der Waals surface area contributed by atoms with Gasteiger partial charge in [-0.15, -0.1) is 0 Å². The van der Waals surface area contributed by atoms with Gasteiger partial charge in [0.25, 0.3) is 5.91 Å². The van der Waals surface area contributed by atoms with Crippen molar-refractivity contribution < 1.29 is 19.6 Å². The van der Waals surface area contributed by atoms with Crippen LogP contribution in [-0.2, 0) is 4.79 Å². The average Bonchev–Trinajstić information content (AvgIpc) is 2.54. The predicted octanol–water partition coefficient (Wildman–Crippen LogP) is -0.280. The molecule has 1 saturated heterocycles. The molecule has 1 aliphatic rings. The van der Waals surface area contributed by atoms with E-state index in [0.29, 0.717) is 0 Å². The molecule has 7 heteroatoms. The first kappa shape index (κ1) is 18.1. The fourth-order valence-electron chi connectivity index (χ4n) is 2.85. The highest BCUT2D eigenvalue weighted by atomic mass is 16.3. The van der Waals surface area contributed by atoms with E-state index in [4.69, 9.17) is 0 Å². The minimum Gasteiger partial charge on any atom is -0.508 e. The van der Waals surface area contributed by atoms with Crippen molar-refractivity contribution in [3.63, 3.8) is 0 Å². The number of amides is 3. The van der Waals surface area contributed by atoms with Gasteiger partial charge < -0.3 is 20.2 Å². The van der Waals surface area contributed by atoms with Crippen molar-refractivity contribution in [1.82, 2.24) is 10.6 Å². The highest BCUT2D eigenvalue weighted by Gasteiger charge is 2.30. The Morgan fingerprint density at radius 2 is 1.71 bits per heavy atom. The summed E-state index contributed by atoms with van der Waals surface area (Å²) in [4.78, 5) is 27.2. The number of nitrogens with zero attached hydrogens (tertiary/aromatic N) is 1. The van der Waals surface area contributed by atoms with Crippen LogP contribution in [0, 0.1) is 0 Å². The van der Waals surface area contributed by atoms with Crippen molar-refractivity contribution in [3.8, 4) is 5.75 Å². The Kier molecular flexibility index (Phi) is 6.03. The number of phenolic OH excluding ortho intramolecular Hbond substituents is 1. The van der Waals surface area contributed by atoms with Crippen molar-refractivity contribution in [2.24, 2.45) is 0 Å². The Balaban J connectivity index is 1.83. The third-order valence-corrected chi connectivity index (χ3v) is 4.28. The average molecular weight is 335 g/mol. The molecule has 1 fully saturated rings. The summed E-state index contributed by atoms with van der Waals surface area (Å²) in [7, 11) is 0. The molecule has 24 heavy (non-hydrogen) atoms. The molecule has 0 bridgehead atoms. The van der Waals surface area contributed by atoms with Crippen LogP contribution in [0.2, 0.25) is 0 Å². The van der Waals surface area contributed by atoms with Crippen LogP contribution in [0.1, 0.15) is 20.8 Å². The zero-order valence-corrected chi connectivity index (χ0v) is 14.5. The number of quaternary nitrogens is 1. The van der Waals surface area contributed by atoms with Crippen LogP contribution in [0.25, 0.3) is 0 Å². The lowest BCUT2D eigenvalue weighted by atomic mass is 10.2. The van der Waals surface area contributed by atoms with Gasteiger partial charge in [0, 0.05) is 11.7 Å². The Hall–Kier alpha value is -2.28. The van der Waals surface area contributed by atoms with Gasteiger partial charge in [-0.2, -0.15) is 0 Å². The molecule has 7 nitrogen and oxygen atoms in total. The molecule has 0 aromatic heterocycles. The lowest BCUT2D eigenvalue weighted by molar-refractivity contribution is -0.914. The molecule has 3 amide bonds. The van der Waals surface area contributed by atoms with Crippen LogP contribution in [-0.4, -0.2) is 55.3 Å². The molecular formula is C17H27N4O3+. The fraction of sp³-hybridized carbons (Fsp3) is 0.529. The molecule has 0 aliphatic carbocycles. The van der Waals surface area contributed by atoms with Crippen molar-refractivity contribution in [2.75, 3.05) is 31.1 Å². The number of piperazine rings is 1. The van der Waals surface area contributed by atoms with Crippen molar-refractivity contribution in [2.45, 2.75) is 32.9 Å². The van der Waals surface area contributed by atoms with Crippen molar-refractivity contribution in [3.05, 3.63) is 24.3 Å². The summed E-state index contributed by atoms with van der Waals surface area (Å²) >= 11 is 0. The Morgan fingerprint density at radius 1 is 1.12 bits per heavy atom. The number of phenols is 1. The summed E-state index contributed by atoms with van der Waals surface area (Å²) in [6, 6.07) is 6.43. The first-order valence-corrected chi connectivity index (χ1v) is 8.36. The zero-order chi connectivity index (χ0) is 17.7. The van der Waals surface area contributed by atoms with E-state index >= 15 is 0 Å². The molecule has 1 aromatic rings. The third kappa shape index (κ3) is 4.86. The van der Waals surface area contributed by atoms with Gasteiger partial charge in [-0.1, -0.05) is 0 Å². The quantitative estimate of drug-likeness (QED) is 0.610. The molecule has 4 N–H and O–H groups in total. The van der Waals surface area contributed by atoms with Gasteiger partial charge in [-0.25, -0.2) is 4.79 Å². The molecule has 0 saturated carbocycles. The number of aromatic hydroxyl groups is 1. The van der Waals surface area contributed by atoms with E-state index < -0.39 is 6.03 Å². The van der Waals surface area contributed by atoms with Crippen molar-refractivity contribution >= 4 is 17.6 Å². The van der Waals surface area contributed by atoms with Gasteiger partial charge in [-0.3, -0.25) is 10.1 Å². The molecular weight excluding hydrogens is 308 g/mol. The number of benzene rings is 1. The smallest absolute Gasteiger partial charge is 0.321 e. The second-order valence-corrected chi connectivity index (χ2v) is 6.50. The van der Waals surface area contributed by atoms with E-state index in [-0.39, 0.29) is 23.7 Å². The molecule has 0 radical (unpaired) electrons. The largest absolute Gasteiger partial charge is 0.508 e. The number of hydrogen-bond acceptors (Lipinski definition) is 4. The summed E-state index contributed by atoms with van der Waals surface area (Å²) in [5.74, 6) is 0.00853. The van der Waals surface area contributed by atoms with Crippen LogP contribution in [0.15, 0.2) is 24.3 Å². The number of anilines is 1. The second kappa shape index (κ2) is 8.01. The van der Waals surface area contributed by atoms with E-state index in [1.54, 1.807) is 12.1 Å². The molecule has 1 heterocycles. The summed E-state index contributed by atoms with van der Waals surface area (Å²) in [5, 5.41) is 14.4. The van der Waals surface area contributed by atoms with Gasteiger partial charge in [0.05, 0.1) is 26.2 Å².